The molecule has 1 amide bonds. The summed E-state index contributed by atoms with van der Waals surface area (Å²) in [7, 11) is 0. The topological polar surface area (TPSA) is 114 Å². The lowest BCUT2D eigenvalue weighted by atomic mass is 10.1. The normalized spacial score (nSPS) is 10.1. The summed E-state index contributed by atoms with van der Waals surface area (Å²) in [5.41, 5.74) is 0.818. The van der Waals surface area contributed by atoms with Crippen molar-refractivity contribution < 1.29 is 9.72 Å². The van der Waals surface area contributed by atoms with E-state index in [1.54, 1.807) is 11.6 Å². The van der Waals surface area contributed by atoms with Crippen molar-refractivity contribution in [3.05, 3.63) is 50.8 Å². The van der Waals surface area contributed by atoms with Crippen LogP contribution in [0.4, 0.5) is 11.4 Å². The molecule has 0 aliphatic carbocycles. The van der Waals surface area contributed by atoms with Crippen molar-refractivity contribution in [1.82, 2.24) is 9.78 Å². The first-order chi connectivity index (χ1) is 10.9. The molecule has 0 bridgehead atoms. The molecule has 0 unspecified atom stereocenters. The number of rotatable bonds is 5. The van der Waals surface area contributed by atoms with Crippen molar-refractivity contribution in [3.8, 4) is 6.07 Å². The van der Waals surface area contributed by atoms with Crippen LogP contribution in [0.15, 0.2) is 24.4 Å². The van der Waals surface area contributed by atoms with Crippen molar-refractivity contribution >= 4 is 28.9 Å². The summed E-state index contributed by atoms with van der Waals surface area (Å²) in [5.74, 6) is -0.332. The fourth-order valence-corrected chi connectivity index (χ4v) is 2.06. The Hall–Kier alpha value is -2.92. The lowest BCUT2D eigenvalue weighted by Gasteiger charge is -2.08. The van der Waals surface area contributed by atoms with Gasteiger partial charge in [-0.3, -0.25) is 19.6 Å². The Morgan fingerprint density at radius 1 is 1.57 bits per heavy atom. The maximum atomic E-state index is 12.0. The van der Waals surface area contributed by atoms with Crippen molar-refractivity contribution in [2.24, 2.45) is 0 Å². The van der Waals surface area contributed by atoms with E-state index >= 15 is 0 Å². The number of non-ortho nitro benzene ring substituents is 1. The van der Waals surface area contributed by atoms with Crippen LogP contribution in [-0.4, -0.2) is 20.6 Å². The summed E-state index contributed by atoms with van der Waals surface area (Å²) in [6.07, 6.45) is 1.62. The molecular formula is C14H12ClN5O3. The maximum absolute atomic E-state index is 12.0. The largest absolute Gasteiger partial charge is 0.325 e. The Balaban J connectivity index is 2.04. The molecular weight excluding hydrogens is 322 g/mol. The number of nitro benzene ring substituents is 1. The van der Waals surface area contributed by atoms with Gasteiger partial charge < -0.3 is 5.32 Å². The molecule has 0 saturated carbocycles. The van der Waals surface area contributed by atoms with E-state index in [1.807, 2.05) is 6.07 Å². The number of halogens is 1. The number of benzene rings is 1. The highest BCUT2D eigenvalue weighted by molar-refractivity contribution is 6.31. The summed E-state index contributed by atoms with van der Waals surface area (Å²) in [4.78, 5) is 22.0. The number of nitrogens with one attached hydrogen (secondary N) is 1. The van der Waals surface area contributed by atoms with Crippen LogP contribution in [0.25, 0.3) is 0 Å². The van der Waals surface area contributed by atoms with E-state index in [4.69, 9.17) is 16.9 Å². The number of anilines is 1. The average molecular weight is 334 g/mol. The number of aryl methyl sites for hydroxylation is 1. The Labute approximate surface area is 136 Å². The van der Waals surface area contributed by atoms with Gasteiger partial charge in [-0.05, 0) is 13.0 Å². The van der Waals surface area contributed by atoms with Gasteiger partial charge >= 0.3 is 0 Å². The molecule has 1 aromatic carbocycles. The van der Waals surface area contributed by atoms with E-state index in [9.17, 15) is 14.9 Å². The minimum atomic E-state index is -0.601. The van der Waals surface area contributed by atoms with E-state index in [2.05, 4.69) is 10.4 Å². The minimum Gasteiger partial charge on any atom is -0.325 e. The van der Waals surface area contributed by atoms with Crippen molar-refractivity contribution in [3.63, 3.8) is 0 Å². The van der Waals surface area contributed by atoms with Gasteiger partial charge in [0.2, 0.25) is 5.91 Å². The van der Waals surface area contributed by atoms with Crippen LogP contribution in [0.1, 0.15) is 17.7 Å². The van der Waals surface area contributed by atoms with Gasteiger partial charge in [-0.25, -0.2) is 0 Å². The van der Waals surface area contributed by atoms with Gasteiger partial charge in [-0.2, -0.15) is 10.4 Å². The second-order valence-electron chi connectivity index (χ2n) is 4.70. The Kier molecular flexibility index (Phi) is 4.93. The standard InChI is InChI=1S/C14H12ClN5O3/c1-9-12(15)8-17-19(9)5-4-14(21)18-13-3-2-11(20(22)23)6-10(13)7-16/h2-3,6,8H,4-5H2,1H3,(H,18,21). The maximum Gasteiger partial charge on any atom is 0.270 e. The minimum absolute atomic E-state index is 0.0332. The van der Waals surface area contributed by atoms with Gasteiger partial charge in [0.25, 0.3) is 5.69 Å². The SMILES string of the molecule is Cc1c(Cl)cnn1CCC(=O)Nc1ccc([N+](=O)[O-])cc1C#N. The second-order valence-corrected chi connectivity index (χ2v) is 5.11. The molecule has 0 radical (unpaired) electrons. The lowest BCUT2D eigenvalue weighted by molar-refractivity contribution is -0.384. The van der Waals surface area contributed by atoms with Crippen LogP contribution in [-0.2, 0) is 11.3 Å². The second kappa shape index (κ2) is 6.89. The molecule has 0 atom stereocenters. The third-order valence-electron chi connectivity index (χ3n) is 3.20. The number of amides is 1. The zero-order valence-electron chi connectivity index (χ0n) is 12.1. The van der Waals surface area contributed by atoms with Crippen LogP contribution in [0.5, 0.6) is 0 Å². The van der Waals surface area contributed by atoms with Crippen molar-refractivity contribution in [1.29, 1.82) is 5.26 Å². The zero-order valence-corrected chi connectivity index (χ0v) is 12.9. The van der Waals surface area contributed by atoms with Gasteiger partial charge in [0.1, 0.15) is 6.07 Å². The first kappa shape index (κ1) is 16.5. The highest BCUT2D eigenvalue weighted by Gasteiger charge is 2.13. The fourth-order valence-electron chi connectivity index (χ4n) is 1.92. The van der Waals surface area contributed by atoms with Gasteiger partial charge in [0, 0.05) is 18.6 Å². The molecule has 0 aliphatic heterocycles. The lowest BCUT2D eigenvalue weighted by Crippen LogP contribution is -2.16. The number of aromatic nitrogens is 2. The fraction of sp³-hybridized carbons (Fsp3) is 0.214. The smallest absolute Gasteiger partial charge is 0.270 e. The Morgan fingerprint density at radius 3 is 2.87 bits per heavy atom. The molecule has 23 heavy (non-hydrogen) atoms. The molecule has 0 spiro atoms. The van der Waals surface area contributed by atoms with Crippen molar-refractivity contribution in [2.45, 2.75) is 19.9 Å². The highest BCUT2D eigenvalue weighted by atomic mass is 35.5. The first-order valence-corrected chi connectivity index (χ1v) is 6.96. The molecule has 1 N–H and O–H groups in total. The van der Waals surface area contributed by atoms with Crippen molar-refractivity contribution in [2.75, 3.05) is 5.32 Å². The monoisotopic (exact) mass is 333 g/mol. The number of carbonyl (C=O) groups is 1. The first-order valence-electron chi connectivity index (χ1n) is 6.58. The Bertz CT molecular complexity index is 809. The van der Waals surface area contributed by atoms with Crippen LogP contribution >= 0.6 is 11.6 Å². The molecule has 0 aliphatic rings. The molecule has 8 nitrogen and oxygen atoms in total. The van der Waals surface area contributed by atoms with E-state index in [1.165, 1.54) is 18.3 Å². The number of hydrogen-bond donors (Lipinski definition) is 1. The van der Waals surface area contributed by atoms with Gasteiger partial charge in [0.15, 0.2) is 0 Å². The zero-order chi connectivity index (χ0) is 17.0. The third kappa shape index (κ3) is 3.84. The number of nitriles is 1. The van der Waals surface area contributed by atoms with E-state index in [0.717, 1.165) is 11.8 Å². The number of hydrogen-bond acceptors (Lipinski definition) is 5. The molecule has 118 valence electrons. The van der Waals surface area contributed by atoms with Gasteiger partial charge in [-0.15, -0.1) is 0 Å². The summed E-state index contributed by atoms with van der Waals surface area (Å²) in [6, 6.07) is 5.51. The Morgan fingerprint density at radius 2 is 2.30 bits per heavy atom. The summed E-state index contributed by atoms with van der Waals surface area (Å²) < 4.78 is 1.60. The van der Waals surface area contributed by atoms with Crippen LogP contribution < -0.4 is 5.32 Å². The van der Waals surface area contributed by atoms with Crippen LogP contribution in [0.3, 0.4) is 0 Å². The number of nitrogens with zero attached hydrogens (tertiary/aromatic N) is 4. The van der Waals surface area contributed by atoms with E-state index < -0.39 is 4.92 Å². The molecule has 9 heteroatoms. The van der Waals surface area contributed by atoms with Gasteiger partial charge in [0.05, 0.1) is 39.6 Å². The van der Waals surface area contributed by atoms with Gasteiger partial charge in [-0.1, -0.05) is 11.6 Å². The summed E-state index contributed by atoms with van der Waals surface area (Å²) >= 11 is 5.88. The average Bonchev–Trinajstić information content (AvgIpc) is 2.84. The number of carbonyl (C=O) groups excluding carboxylic acids is 1. The van der Waals surface area contributed by atoms with E-state index in [-0.39, 0.29) is 29.3 Å². The molecule has 0 fully saturated rings. The van der Waals surface area contributed by atoms with Crippen LogP contribution in [0, 0.1) is 28.4 Å². The predicted molar refractivity (Wildman–Crippen MR) is 83.0 cm³/mol. The molecule has 1 heterocycles. The summed E-state index contributed by atoms with van der Waals surface area (Å²) in [5, 5.41) is 26.8. The third-order valence-corrected chi connectivity index (χ3v) is 3.57. The molecule has 1 aromatic heterocycles. The van der Waals surface area contributed by atoms with Crippen LogP contribution in [0.2, 0.25) is 5.02 Å². The molecule has 0 saturated heterocycles. The number of nitro groups is 1. The highest BCUT2D eigenvalue weighted by Crippen LogP contribution is 2.21. The molecule has 2 rings (SSSR count). The molecule has 2 aromatic rings. The quantitative estimate of drug-likeness (QED) is 0.667. The predicted octanol–water partition coefficient (Wildman–Crippen LogP) is 2.65. The van der Waals surface area contributed by atoms with E-state index in [0.29, 0.717) is 11.6 Å². The summed E-state index contributed by atoms with van der Waals surface area (Å²) in [6.45, 7) is 2.12.